The molecular formula is C18H23ClN2O5S. The summed E-state index contributed by atoms with van der Waals surface area (Å²) in [6.45, 7) is 3.49. The Hall–Kier alpha value is -1.87. The molecule has 1 aliphatic heterocycles. The summed E-state index contributed by atoms with van der Waals surface area (Å²) in [4.78, 5) is 12.0. The first kappa shape index (κ1) is 21.4. The predicted molar refractivity (Wildman–Crippen MR) is 103 cm³/mol. The van der Waals surface area contributed by atoms with Crippen LogP contribution in [0.3, 0.4) is 0 Å². The summed E-state index contributed by atoms with van der Waals surface area (Å²) in [5, 5.41) is 0. The van der Waals surface area contributed by atoms with Crippen molar-refractivity contribution in [3.63, 3.8) is 0 Å². The molecular weight excluding hydrogens is 392 g/mol. The van der Waals surface area contributed by atoms with E-state index in [1.54, 1.807) is 6.92 Å². The fraction of sp³-hybridized carbons (Fsp3) is 0.389. The number of sulfonamides is 1. The molecule has 2 N–H and O–H groups in total. The fourth-order valence-corrected chi connectivity index (χ4v) is 5.36. The van der Waals surface area contributed by atoms with Crippen molar-refractivity contribution < 1.29 is 22.4 Å². The van der Waals surface area contributed by atoms with Crippen LogP contribution in [0, 0.1) is 13.8 Å². The number of benzene rings is 1. The van der Waals surface area contributed by atoms with E-state index in [-0.39, 0.29) is 59.4 Å². The monoisotopic (exact) mass is 414 g/mol. The largest absolute Gasteiger partial charge is 0.465 e. The number of hydrogen-bond acceptors (Lipinski definition) is 6. The van der Waals surface area contributed by atoms with Crippen LogP contribution in [-0.2, 0) is 14.8 Å². The number of rotatable bonds is 4. The lowest BCUT2D eigenvalue weighted by atomic mass is 9.95. The molecule has 148 valence electrons. The van der Waals surface area contributed by atoms with Crippen LogP contribution in [0.1, 0.15) is 33.4 Å². The van der Waals surface area contributed by atoms with E-state index in [4.69, 9.17) is 14.9 Å². The predicted octanol–water partition coefficient (Wildman–Crippen LogP) is 2.22. The summed E-state index contributed by atoms with van der Waals surface area (Å²) in [6.07, 6.45) is 0. The maximum Gasteiger partial charge on any atom is 0.342 e. The van der Waals surface area contributed by atoms with Gasteiger partial charge in [-0.1, -0.05) is 30.3 Å². The van der Waals surface area contributed by atoms with Crippen molar-refractivity contribution in [1.29, 1.82) is 0 Å². The number of halogens is 1. The molecule has 1 saturated heterocycles. The van der Waals surface area contributed by atoms with Gasteiger partial charge in [0, 0.05) is 25.0 Å². The third kappa shape index (κ3) is 3.75. The highest BCUT2D eigenvalue weighted by Gasteiger charge is 2.42. The van der Waals surface area contributed by atoms with Gasteiger partial charge in [-0.15, -0.1) is 12.4 Å². The number of carbonyl (C=O) groups excluding carboxylic acids is 1. The van der Waals surface area contributed by atoms with Gasteiger partial charge in [-0.2, -0.15) is 4.31 Å². The van der Waals surface area contributed by atoms with Crippen molar-refractivity contribution >= 4 is 28.4 Å². The molecule has 2 heterocycles. The van der Waals surface area contributed by atoms with Crippen molar-refractivity contribution in [1.82, 2.24) is 4.31 Å². The first-order valence-corrected chi connectivity index (χ1v) is 9.70. The van der Waals surface area contributed by atoms with E-state index >= 15 is 0 Å². The third-order valence-electron chi connectivity index (χ3n) is 4.75. The van der Waals surface area contributed by atoms with Crippen LogP contribution < -0.4 is 5.73 Å². The minimum absolute atomic E-state index is 0. The first-order chi connectivity index (χ1) is 12.3. The van der Waals surface area contributed by atoms with Gasteiger partial charge in [0.25, 0.3) is 0 Å². The number of nitrogens with zero attached hydrogens (tertiary/aromatic N) is 1. The van der Waals surface area contributed by atoms with Crippen LogP contribution in [0.15, 0.2) is 39.6 Å². The number of aryl methyl sites for hydroxylation is 2. The second kappa shape index (κ2) is 8.02. The minimum atomic E-state index is -3.95. The molecule has 2 atom stereocenters. The number of carbonyl (C=O) groups is 1. The normalized spacial score (nSPS) is 20.3. The molecule has 0 aliphatic carbocycles. The van der Waals surface area contributed by atoms with E-state index in [9.17, 15) is 13.2 Å². The number of nitrogens with two attached hydrogens (primary N) is 1. The Balaban J connectivity index is 0.00000261. The smallest absolute Gasteiger partial charge is 0.342 e. The van der Waals surface area contributed by atoms with E-state index in [2.05, 4.69) is 0 Å². The standard InChI is InChI=1S/C18H22N2O5S.ClH/c1-11-16(18(21)24-3)17(12(2)25-11)26(22,23)20-9-14(15(19)10-20)13-7-5-4-6-8-13;/h4-8,14-15H,9-10,19H2,1-3H3;1H/t14-,15+;/m0./s1. The number of methoxy groups -OCH3 is 1. The Labute approximate surface area is 164 Å². The van der Waals surface area contributed by atoms with Gasteiger partial charge in [0.2, 0.25) is 10.0 Å². The maximum atomic E-state index is 13.2. The molecule has 0 unspecified atom stereocenters. The van der Waals surface area contributed by atoms with Crippen LogP contribution in [-0.4, -0.2) is 44.9 Å². The zero-order valence-electron chi connectivity index (χ0n) is 15.3. The molecule has 1 fully saturated rings. The first-order valence-electron chi connectivity index (χ1n) is 8.26. The van der Waals surface area contributed by atoms with Gasteiger partial charge in [0.15, 0.2) is 0 Å². The van der Waals surface area contributed by atoms with Gasteiger partial charge in [-0.25, -0.2) is 13.2 Å². The minimum Gasteiger partial charge on any atom is -0.465 e. The van der Waals surface area contributed by atoms with Crippen molar-refractivity contribution in [2.45, 2.75) is 30.7 Å². The average molecular weight is 415 g/mol. The lowest BCUT2D eigenvalue weighted by Crippen LogP contribution is -2.33. The zero-order chi connectivity index (χ0) is 19.1. The zero-order valence-corrected chi connectivity index (χ0v) is 17.0. The van der Waals surface area contributed by atoms with Gasteiger partial charge in [0.1, 0.15) is 22.0 Å². The molecule has 0 spiro atoms. The van der Waals surface area contributed by atoms with E-state index in [0.717, 1.165) is 5.56 Å². The third-order valence-corrected chi connectivity index (χ3v) is 6.74. The molecule has 9 heteroatoms. The Kier molecular flexibility index (Phi) is 6.36. The summed E-state index contributed by atoms with van der Waals surface area (Å²) < 4.78 is 37.9. The topological polar surface area (TPSA) is 103 Å². The number of furan rings is 1. The Bertz CT molecular complexity index is 927. The maximum absolute atomic E-state index is 13.2. The van der Waals surface area contributed by atoms with Crippen LogP contribution in [0.25, 0.3) is 0 Å². The van der Waals surface area contributed by atoms with Gasteiger partial charge in [-0.3, -0.25) is 0 Å². The van der Waals surface area contributed by atoms with Crippen LogP contribution >= 0.6 is 12.4 Å². The highest BCUT2D eigenvalue weighted by molar-refractivity contribution is 7.89. The van der Waals surface area contributed by atoms with Crippen molar-refractivity contribution in [2.24, 2.45) is 5.73 Å². The molecule has 0 amide bonds. The molecule has 27 heavy (non-hydrogen) atoms. The molecule has 1 aromatic carbocycles. The second-order valence-electron chi connectivity index (χ2n) is 6.41. The molecule has 0 saturated carbocycles. The average Bonchev–Trinajstić information content (AvgIpc) is 3.15. The Morgan fingerprint density at radius 1 is 1.19 bits per heavy atom. The van der Waals surface area contributed by atoms with Crippen LogP contribution in [0.4, 0.5) is 0 Å². The summed E-state index contributed by atoms with van der Waals surface area (Å²) in [7, 11) is -2.74. The SMILES string of the molecule is COC(=O)c1c(C)oc(C)c1S(=O)(=O)N1C[C@@H](N)[C@H](c2ccccc2)C1.Cl. The van der Waals surface area contributed by atoms with Crippen LogP contribution in [0.5, 0.6) is 0 Å². The second-order valence-corrected chi connectivity index (χ2v) is 8.29. The van der Waals surface area contributed by atoms with E-state index in [1.165, 1.54) is 18.3 Å². The Morgan fingerprint density at radius 3 is 2.41 bits per heavy atom. The van der Waals surface area contributed by atoms with Crippen molar-refractivity contribution in [2.75, 3.05) is 20.2 Å². The molecule has 2 aromatic rings. The van der Waals surface area contributed by atoms with E-state index in [1.807, 2.05) is 30.3 Å². The number of hydrogen-bond donors (Lipinski definition) is 1. The summed E-state index contributed by atoms with van der Waals surface area (Å²) >= 11 is 0. The van der Waals surface area contributed by atoms with E-state index < -0.39 is 16.0 Å². The fourth-order valence-electron chi connectivity index (χ4n) is 3.48. The molecule has 0 bridgehead atoms. The molecule has 0 radical (unpaired) electrons. The molecule has 1 aliphatic rings. The Morgan fingerprint density at radius 2 is 1.81 bits per heavy atom. The quantitative estimate of drug-likeness (QED) is 0.769. The number of ether oxygens (including phenoxy) is 1. The lowest BCUT2D eigenvalue weighted by molar-refractivity contribution is 0.0594. The van der Waals surface area contributed by atoms with Gasteiger partial charge < -0.3 is 14.9 Å². The summed E-state index contributed by atoms with van der Waals surface area (Å²) in [5.74, 6) is -0.461. The van der Waals surface area contributed by atoms with Crippen LogP contribution in [0.2, 0.25) is 0 Å². The molecule has 1 aromatic heterocycles. The highest BCUT2D eigenvalue weighted by atomic mass is 35.5. The highest BCUT2D eigenvalue weighted by Crippen LogP contribution is 2.34. The summed E-state index contributed by atoms with van der Waals surface area (Å²) in [5.41, 5.74) is 7.16. The van der Waals surface area contributed by atoms with E-state index in [0.29, 0.717) is 0 Å². The number of esters is 1. The van der Waals surface area contributed by atoms with Crippen molar-refractivity contribution in [3.8, 4) is 0 Å². The molecule has 7 nitrogen and oxygen atoms in total. The van der Waals surface area contributed by atoms with Gasteiger partial charge in [-0.05, 0) is 19.4 Å². The van der Waals surface area contributed by atoms with Crippen molar-refractivity contribution in [3.05, 3.63) is 53.0 Å². The summed E-state index contributed by atoms with van der Waals surface area (Å²) in [6, 6.07) is 9.25. The van der Waals surface area contributed by atoms with Gasteiger partial charge in [0.05, 0.1) is 7.11 Å². The van der Waals surface area contributed by atoms with Gasteiger partial charge >= 0.3 is 5.97 Å². The lowest BCUT2D eigenvalue weighted by Gasteiger charge is -2.17. The molecule has 3 rings (SSSR count).